The van der Waals surface area contributed by atoms with Crippen LogP contribution in [0.1, 0.15) is 38.3 Å². The maximum atomic E-state index is 5.60. The smallest absolute Gasteiger partial charge is 0.143 e. The second-order valence-electron chi connectivity index (χ2n) is 5.48. The van der Waals surface area contributed by atoms with E-state index in [1.54, 1.807) is 11.0 Å². The molecule has 1 unspecified atom stereocenters. The first-order valence-corrected chi connectivity index (χ1v) is 7.47. The van der Waals surface area contributed by atoms with E-state index >= 15 is 0 Å². The summed E-state index contributed by atoms with van der Waals surface area (Å²) in [5.41, 5.74) is 2.22. The van der Waals surface area contributed by atoms with Crippen molar-refractivity contribution in [3.05, 3.63) is 36.2 Å². The van der Waals surface area contributed by atoms with Crippen molar-refractivity contribution in [2.45, 2.75) is 44.9 Å². The lowest BCUT2D eigenvalue weighted by molar-refractivity contribution is -0.0120. The van der Waals surface area contributed by atoms with Gasteiger partial charge in [0.05, 0.1) is 11.8 Å². The van der Waals surface area contributed by atoms with Gasteiger partial charge in [0.25, 0.3) is 0 Å². The minimum atomic E-state index is 0.300. The highest BCUT2D eigenvalue weighted by Crippen LogP contribution is 2.26. The number of aromatic nitrogens is 4. The van der Waals surface area contributed by atoms with E-state index in [1.807, 2.05) is 19.1 Å². The van der Waals surface area contributed by atoms with Gasteiger partial charge in [0.1, 0.15) is 6.33 Å². The molecular formula is C15H21N5O. The first kappa shape index (κ1) is 14.2. The molecule has 2 aromatic rings. The van der Waals surface area contributed by atoms with Gasteiger partial charge in [-0.3, -0.25) is 0 Å². The third-order valence-electron chi connectivity index (χ3n) is 3.97. The lowest BCUT2D eigenvalue weighted by atomic mass is 9.88. The van der Waals surface area contributed by atoms with Crippen molar-refractivity contribution in [2.75, 3.05) is 6.61 Å². The molecule has 21 heavy (non-hydrogen) atoms. The Bertz CT molecular complexity index is 565. The van der Waals surface area contributed by atoms with E-state index in [2.05, 4.69) is 39.9 Å². The summed E-state index contributed by atoms with van der Waals surface area (Å²) in [6, 6.07) is 9.13. The maximum absolute atomic E-state index is 5.60. The number of hydrogen-bond donors (Lipinski definition) is 1. The average molecular weight is 287 g/mol. The van der Waals surface area contributed by atoms with Crippen LogP contribution in [-0.4, -0.2) is 39.0 Å². The molecule has 0 saturated heterocycles. The van der Waals surface area contributed by atoms with Gasteiger partial charge in [-0.2, -0.15) is 0 Å². The zero-order valence-electron chi connectivity index (χ0n) is 12.4. The summed E-state index contributed by atoms with van der Waals surface area (Å²) < 4.78 is 7.27. The molecule has 6 nitrogen and oxygen atoms in total. The van der Waals surface area contributed by atoms with Crippen molar-refractivity contribution in [1.29, 1.82) is 0 Å². The lowest BCUT2D eigenvalue weighted by Crippen LogP contribution is -2.46. The largest absolute Gasteiger partial charge is 0.378 e. The number of nitrogens with zero attached hydrogens (tertiary/aromatic N) is 4. The summed E-state index contributed by atoms with van der Waals surface area (Å²) in [6.45, 7) is 5.04. The fourth-order valence-electron chi connectivity index (χ4n) is 2.74. The van der Waals surface area contributed by atoms with Crippen LogP contribution in [0, 0.1) is 0 Å². The molecule has 1 atom stereocenters. The summed E-state index contributed by atoms with van der Waals surface area (Å²) in [5, 5.41) is 14.9. The Kier molecular flexibility index (Phi) is 4.26. The van der Waals surface area contributed by atoms with Gasteiger partial charge in [-0.15, -0.1) is 5.10 Å². The van der Waals surface area contributed by atoms with Crippen LogP contribution in [0.5, 0.6) is 0 Å². The van der Waals surface area contributed by atoms with Gasteiger partial charge < -0.3 is 10.1 Å². The second-order valence-corrected chi connectivity index (χ2v) is 5.48. The second kappa shape index (κ2) is 6.32. The average Bonchev–Trinajstić information content (AvgIpc) is 2.99. The van der Waals surface area contributed by atoms with E-state index in [0.717, 1.165) is 25.1 Å². The summed E-state index contributed by atoms with van der Waals surface area (Å²) in [7, 11) is 0. The molecule has 112 valence electrons. The standard InChI is InChI=1S/C15H21N5O/c1-3-21-15-8-13(9-15)17-11(2)12-5-4-6-14(7-12)20-10-16-18-19-20/h4-7,10-11,13,15,17H,3,8-9H2,1-2H3. The molecule has 1 aliphatic rings. The van der Waals surface area contributed by atoms with E-state index in [1.165, 1.54) is 5.56 Å². The predicted octanol–water partition coefficient (Wildman–Crippen LogP) is 1.88. The highest BCUT2D eigenvalue weighted by Gasteiger charge is 2.30. The van der Waals surface area contributed by atoms with Crippen molar-refractivity contribution >= 4 is 0 Å². The van der Waals surface area contributed by atoms with E-state index in [0.29, 0.717) is 18.2 Å². The molecule has 0 bridgehead atoms. The molecule has 0 aliphatic heterocycles. The van der Waals surface area contributed by atoms with Gasteiger partial charge in [0.2, 0.25) is 0 Å². The van der Waals surface area contributed by atoms with Crippen molar-refractivity contribution in [3.63, 3.8) is 0 Å². The van der Waals surface area contributed by atoms with Crippen LogP contribution >= 0.6 is 0 Å². The molecule has 1 N–H and O–H groups in total. The van der Waals surface area contributed by atoms with Crippen molar-refractivity contribution in [2.24, 2.45) is 0 Å². The van der Waals surface area contributed by atoms with Crippen molar-refractivity contribution < 1.29 is 4.74 Å². The molecule has 0 amide bonds. The van der Waals surface area contributed by atoms with Crippen LogP contribution in [0.25, 0.3) is 5.69 Å². The van der Waals surface area contributed by atoms with Gasteiger partial charge in [-0.25, -0.2) is 4.68 Å². The molecule has 1 aromatic carbocycles. The Labute approximate surface area is 124 Å². The van der Waals surface area contributed by atoms with Crippen molar-refractivity contribution in [3.8, 4) is 5.69 Å². The van der Waals surface area contributed by atoms with Gasteiger partial charge >= 0.3 is 0 Å². The Hall–Kier alpha value is -1.79. The Morgan fingerprint density at radius 2 is 2.29 bits per heavy atom. The Morgan fingerprint density at radius 1 is 1.43 bits per heavy atom. The molecule has 6 heteroatoms. The number of benzene rings is 1. The number of hydrogen-bond acceptors (Lipinski definition) is 5. The van der Waals surface area contributed by atoms with Gasteiger partial charge in [0, 0.05) is 18.7 Å². The van der Waals surface area contributed by atoms with E-state index in [9.17, 15) is 0 Å². The SMILES string of the molecule is CCOC1CC(NC(C)c2cccc(-n3cnnn3)c2)C1. The van der Waals surface area contributed by atoms with Crippen LogP contribution in [0.2, 0.25) is 0 Å². The summed E-state index contributed by atoms with van der Waals surface area (Å²) in [6.07, 6.45) is 4.25. The highest BCUT2D eigenvalue weighted by molar-refractivity contribution is 5.35. The molecule has 1 fully saturated rings. The first-order valence-electron chi connectivity index (χ1n) is 7.47. The van der Waals surface area contributed by atoms with Crippen LogP contribution in [0.15, 0.2) is 30.6 Å². The van der Waals surface area contributed by atoms with Crippen LogP contribution in [0.3, 0.4) is 0 Å². The quantitative estimate of drug-likeness (QED) is 0.879. The fourth-order valence-corrected chi connectivity index (χ4v) is 2.74. The summed E-state index contributed by atoms with van der Waals surface area (Å²) >= 11 is 0. The zero-order valence-corrected chi connectivity index (χ0v) is 12.4. The highest BCUT2D eigenvalue weighted by atomic mass is 16.5. The van der Waals surface area contributed by atoms with E-state index < -0.39 is 0 Å². The molecule has 1 heterocycles. The number of rotatable bonds is 6. The van der Waals surface area contributed by atoms with Gasteiger partial charge in [-0.05, 0) is 54.8 Å². The number of tetrazole rings is 1. The topological polar surface area (TPSA) is 64.9 Å². The van der Waals surface area contributed by atoms with Crippen LogP contribution in [0.4, 0.5) is 0 Å². The summed E-state index contributed by atoms with van der Waals surface area (Å²) in [5.74, 6) is 0. The monoisotopic (exact) mass is 287 g/mol. The fraction of sp³-hybridized carbons (Fsp3) is 0.533. The van der Waals surface area contributed by atoms with E-state index in [4.69, 9.17) is 4.74 Å². The minimum Gasteiger partial charge on any atom is -0.378 e. The maximum Gasteiger partial charge on any atom is 0.143 e. The predicted molar refractivity (Wildman–Crippen MR) is 79.1 cm³/mol. The molecule has 0 radical (unpaired) electrons. The Balaban J connectivity index is 1.60. The zero-order chi connectivity index (χ0) is 14.7. The lowest BCUT2D eigenvalue weighted by Gasteiger charge is -2.37. The molecule has 0 spiro atoms. The van der Waals surface area contributed by atoms with Gasteiger partial charge in [0.15, 0.2) is 0 Å². The normalized spacial score (nSPS) is 22.8. The minimum absolute atomic E-state index is 0.300. The van der Waals surface area contributed by atoms with E-state index in [-0.39, 0.29) is 0 Å². The van der Waals surface area contributed by atoms with Crippen LogP contribution < -0.4 is 5.32 Å². The Morgan fingerprint density at radius 3 is 3.00 bits per heavy atom. The van der Waals surface area contributed by atoms with Crippen molar-refractivity contribution in [1.82, 2.24) is 25.5 Å². The van der Waals surface area contributed by atoms with Gasteiger partial charge in [-0.1, -0.05) is 12.1 Å². The molecule has 3 rings (SSSR count). The summed E-state index contributed by atoms with van der Waals surface area (Å²) in [4.78, 5) is 0. The molecule has 1 saturated carbocycles. The third-order valence-corrected chi connectivity index (χ3v) is 3.97. The van der Waals surface area contributed by atoms with Crippen LogP contribution in [-0.2, 0) is 4.74 Å². The molecular weight excluding hydrogens is 266 g/mol. The molecule has 1 aromatic heterocycles. The molecule has 1 aliphatic carbocycles. The number of nitrogens with one attached hydrogen (secondary N) is 1. The first-order chi connectivity index (χ1) is 10.3. The number of ether oxygens (including phenoxy) is 1. The third kappa shape index (κ3) is 3.28.